The molecule has 1 saturated carbocycles. The summed E-state index contributed by atoms with van der Waals surface area (Å²) in [5, 5.41) is 10.5. The van der Waals surface area contributed by atoms with Crippen LogP contribution in [0.2, 0.25) is 5.02 Å². The third-order valence-corrected chi connectivity index (χ3v) is 3.34. The minimum absolute atomic E-state index is 0.324. The van der Waals surface area contributed by atoms with Gasteiger partial charge >= 0.3 is 0 Å². The van der Waals surface area contributed by atoms with Crippen molar-refractivity contribution in [2.45, 2.75) is 18.4 Å². The van der Waals surface area contributed by atoms with Gasteiger partial charge in [0.1, 0.15) is 10.8 Å². The van der Waals surface area contributed by atoms with E-state index in [-0.39, 0.29) is 0 Å². The van der Waals surface area contributed by atoms with Crippen LogP contribution in [0.15, 0.2) is 6.07 Å². The monoisotopic (exact) mass is 258 g/mol. The van der Waals surface area contributed by atoms with E-state index in [1.54, 1.807) is 6.07 Å². The van der Waals surface area contributed by atoms with Gasteiger partial charge in [-0.2, -0.15) is 0 Å². The van der Waals surface area contributed by atoms with Gasteiger partial charge in [-0.3, -0.25) is 0 Å². The van der Waals surface area contributed by atoms with E-state index < -0.39 is 5.60 Å². The van der Waals surface area contributed by atoms with Gasteiger partial charge < -0.3 is 19.3 Å². The van der Waals surface area contributed by atoms with Crippen LogP contribution in [0.4, 0.5) is 0 Å². The largest absolute Gasteiger partial charge is 0.495 e. The van der Waals surface area contributed by atoms with Gasteiger partial charge in [0, 0.05) is 5.56 Å². The van der Waals surface area contributed by atoms with Crippen molar-refractivity contribution in [3.63, 3.8) is 0 Å². The van der Waals surface area contributed by atoms with Crippen LogP contribution in [0.5, 0.6) is 17.2 Å². The lowest BCUT2D eigenvalue weighted by Crippen LogP contribution is -2.08. The maximum atomic E-state index is 10.2. The number of hydrogen-bond donors (Lipinski definition) is 1. The zero-order valence-electron chi connectivity index (χ0n) is 10.0. The summed E-state index contributed by atoms with van der Waals surface area (Å²) in [7, 11) is 4.55. The van der Waals surface area contributed by atoms with Crippen molar-refractivity contribution in [3.8, 4) is 17.2 Å². The average Bonchev–Trinajstić information content (AvgIpc) is 3.07. The normalized spacial score (nSPS) is 16.5. The summed E-state index contributed by atoms with van der Waals surface area (Å²) in [6, 6.07) is 1.72. The van der Waals surface area contributed by atoms with Gasteiger partial charge in [-0.25, -0.2) is 0 Å². The molecule has 0 unspecified atom stereocenters. The topological polar surface area (TPSA) is 47.9 Å². The summed E-state index contributed by atoms with van der Waals surface area (Å²) < 4.78 is 15.6. The summed E-state index contributed by atoms with van der Waals surface area (Å²) in [5.41, 5.74) is -0.184. The summed E-state index contributed by atoms with van der Waals surface area (Å²) >= 11 is 6.19. The molecule has 0 bridgehead atoms. The quantitative estimate of drug-likeness (QED) is 0.901. The summed E-state index contributed by atoms with van der Waals surface area (Å²) in [5.74, 6) is 1.36. The van der Waals surface area contributed by atoms with Gasteiger partial charge in [-0.15, -0.1) is 0 Å². The highest BCUT2D eigenvalue weighted by Gasteiger charge is 2.45. The zero-order valence-corrected chi connectivity index (χ0v) is 10.8. The van der Waals surface area contributed by atoms with Crippen LogP contribution in [0.1, 0.15) is 18.4 Å². The van der Waals surface area contributed by atoms with Crippen molar-refractivity contribution >= 4 is 11.6 Å². The fourth-order valence-electron chi connectivity index (χ4n) is 1.87. The van der Waals surface area contributed by atoms with Gasteiger partial charge in [0.05, 0.1) is 26.9 Å². The van der Waals surface area contributed by atoms with Crippen LogP contribution in [0.3, 0.4) is 0 Å². The Morgan fingerprint density at radius 1 is 1.12 bits per heavy atom. The molecule has 94 valence electrons. The Morgan fingerprint density at radius 3 is 2.12 bits per heavy atom. The Labute approximate surface area is 105 Å². The molecule has 1 aromatic rings. The highest BCUT2D eigenvalue weighted by Crippen LogP contribution is 2.54. The van der Waals surface area contributed by atoms with E-state index in [2.05, 4.69) is 0 Å². The third-order valence-electron chi connectivity index (χ3n) is 3.00. The Bertz CT molecular complexity index is 441. The third kappa shape index (κ3) is 1.91. The van der Waals surface area contributed by atoms with E-state index in [1.165, 1.54) is 21.3 Å². The predicted octanol–water partition coefficient (Wildman–Crippen LogP) is 2.35. The van der Waals surface area contributed by atoms with Gasteiger partial charge in [-0.1, -0.05) is 11.6 Å². The second-order valence-electron chi connectivity index (χ2n) is 4.04. The summed E-state index contributed by atoms with van der Waals surface area (Å²) in [4.78, 5) is 0. The van der Waals surface area contributed by atoms with E-state index in [1.807, 2.05) is 0 Å². The first-order valence-corrected chi connectivity index (χ1v) is 5.66. The average molecular weight is 259 g/mol. The molecule has 1 fully saturated rings. The molecule has 0 aromatic heterocycles. The lowest BCUT2D eigenvalue weighted by Gasteiger charge is -2.19. The van der Waals surface area contributed by atoms with Crippen molar-refractivity contribution in [2.75, 3.05) is 21.3 Å². The van der Waals surface area contributed by atoms with Gasteiger partial charge in [0.25, 0.3) is 0 Å². The number of benzene rings is 1. The molecule has 5 heteroatoms. The Balaban J connectivity index is 2.63. The van der Waals surface area contributed by atoms with Crippen LogP contribution in [0.25, 0.3) is 0 Å². The number of aliphatic hydroxyl groups is 1. The van der Waals surface area contributed by atoms with Crippen LogP contribution in [-0.2, 0) is 5.60 Å². The van der Waals surface area contributed by atoms with Gasteiger partial charge in [0.15, 0.2) is 11.5 Å². The Morgan fingerprint density at radius 2 is 1.71 bits per heavy atom. The van der Waals surface area contributed by atoms with Crippen molar-refractivity contribution in [3.05, 3.63) is 16.7 Å². The van der Waals surface area contributed by atoms with E-state index in [0.29, 0.717) is 40.7 Å². The molecule has 4 nitrogen and oxygen atoms in total. The molecule has 0 aliphatic heterocycles. The molecule has 1 aliphatic rings. The minimum Gasteiger partial charge on any atom is -0.495 e. The fraction of sp³-hybridized carbons (Fsp3) is 0.500. The van der Waals surface area contributed by atoms with E-state index in [9.17, 15) is 5.11 Å². The van der Waals surface area contributed by atoms with Crippen LogP contribution >= 0.6 is 11.6 Å². The van der Waals surface area contributed by atoms with Crippen molar-refractivity contribution < 1.29 is 19.3 Å². The van der Waals surface area contributed by atoms with Gasteiger partial charge in [0.2, 0.25) is 0 Å². The first-order chi connectivity index (χ1) is 8.07. The molecule has 0 spiro atoms. The molecular formula is C12H15ClO4. The number of ether oxygens (including phenoxy) is 3. The molecule has 0 radical (unpaired) electrons. The molecule has 0 heterocycles. The smallest absolute Gasteiger partial charge is 0.183 e. The van der Waals surface area contributed by atoms with E-state index >= 15 is 0 Å². The second kappa shape index (κ2) is 4.27. The lowest BCUT2D eigenvalue weighted by atomic mass is 10.1. The Hall–Kier alpha value is -1.13. The number of rotatable bonds is 4. The second-order valence-corrected chi connectivity index (χ2v) is 4.42. The maximum absolute atomic E-state index is 10.2. The molecule has 1 aromatic carbocycles. The molecule has 0 atom stereocenters. The number of halogens is 1. The van der Waals surface area contributed by atoms with Crippen molar-refractivity contribution in [2.24, 2.45) is 0 Å². The molecule has 1 aliphatic carbocycles. The zero-order chi connectivity index (χ0) is 12.6. The van der Waals surface area contributed by atoms with Crippen molar-refractivity contribution in [1.29, 1.82) is 0 Å². The SMILES string of the molecule is COc1cc(C2(O)CC2)c(OC)c(Cl)c1OC. The first-order valence-electron chi connectivity index (χ1n) is 5.28. The molecule has 0 saturated heterocycles. The molecular weight excluding hydrogens is 244 g/mol. The number of hydrogen-bond acceptors (Lipinski definition) is 4. The Kier molecular flexibility index (Phi) is 3.10. The molecule has 2 rings (SSSR count). The van der Waals surface area contributed by atoms with Crippen LogP contribution in [0, 0.1) is 0 Å². The molecule has 1 N–H and O–H groups in total. The van der Waals surface area contributed by atoms with E-state index in [4.69, 9.17) is 25.8 Å². The highest BCUT2D eigenvalue weighted by atomic mass is 35.5. The van der Waals surface area contributed by atoms with Crippen molar-refractivity contribution in [1.82, 2.24) is 0 Å². The molecule has 0 amide bonds. The lowest BCUT2D eigenvalue weighted by molar-refractivity contribution is 0.147. The van der Waals surface area contributed by atoms with Crippen LogP contribution < -0.4 is 14.2 Å². The van der Waals surface area contributed by atoms with E-state index in [0.717, 1.165) is 0 Å². The minimum atomic E-state index is -0.839. The standard InChI is InChI=1S/C12H15ClO4/c1-15-8-6-7(12(14)4-5-12)10(16-2)9(13)11(8)17-3/h6,14H,4-5H2,1-3H3. The summed E-state index contributed by atoms with van der Waals surface area (Å²) in [6.07, 6.45) is 1.41. The van der Waals surface area contributed by atoms with Gasteiger partial charge in [-0.05, 0) is 18.9 Å². The first kappa shape index (κ1) is 12.3. The number of methoxy groups -OCH3 is 3. The highest BCUT2D eigenvalue weighted by molar-refractivity contribution is 6.34. The predicted molar refractivity (Wildman–Crippen MR) is 64.2 cm³/mol. The maximum Gasteiger partial charge on any atom is 0.183 e. The molecule has 17 heavy (non-hydrogen) atoms. The summed E-state index contributed by atoms with van der Waals surface area (Å²) in [6.45, 7) is 0. The van der Waals surface area contributed by atoms with Crippen LogP contribution in [-0.4, -0.2) is 26.4 Å². The fourth-order valence-corrected chi connectivity index (χ4v) is 2.22.